The van der Waals surface area contributed by atoms with Gasteiger partial charge in [-0.1, -0.05) is 19.3 Å². The average molecular weight is 154 g/mol. The molecule has 11 heavy (non-hydrogen) atoms. The van der Waals surface area contributed by atoms with Crippen LogP contribution < -0.4 is 0 Å². The van der Waals surface area contributed by atoms with E-state index in [1.807, 2.05) is 14.1 Å². The number of nitrogens with zero attached hydrogens (tertiary/aromatic N) is 1. The second-order valence-corrected chi connectivity index (χ2v) is 3.57. The van der Waals surface area contributed by atoms with Crippen LogP contribution in [0.25, 0.3) is 0 Å². The Kier molecular flexibility index (Phi) is 2.92. The molecule has 1 aliphatic rings. The highest BCUT2D eigenvalue weighted by Gasteiger charge is 2.21. The molecule has 0 unspecified atom stereocenters. The van der Waals surface area contributed by atoms with E-state index in [2.05, 4.69) is 0 Å². The molecule has 0 spiro atoms. The molecule has 1 fully saturated rings. The van der Waals surface area contributed by atoms with E-state index in [4.69, 9.17) is 0 Å². The predicted octanol–water partition coefficient (Wildman–Crippen LogP) is 1.65. The quantitative estimate of drug-likeness (QED) is 0.562. The second-order valence-electron chi connectivity index (χ2n) is 3.57. The molecule has 0 aromatic heterocycles. The van der Waals surface area contributed by atoms with E-state index in [-0.39, 0.29) is 0 Å². The Morgan fingerprint density at radius 1 is 1.18 bits per heavy atom. The van der Waals surface area contributed by atoms with Gasteiger partial charge in [0.1, 0.15) is 0 Å². The molecule has 0 aromatic rings. The molecular formula is C9H17NO. The third-order valence-electron chi connectivity index (χ3n) is 2.40. The van der Waals surface area contributed by atoms with Crippen molar-refractivity contribution in [3.63, 3.8) is 0 Å². The van der Waals surface area contributed by atoms with Gasteiger partial charge in [0, 0.05) is 20.0 Å². The molecule has 0 atom stereocenters. The molecule has 0 heterocycles. The second kappa shape index (κ2) is 3.74. The molecule has 1 amide bonds. The number of carbonyl (C=O) groups is 1. The molecule has 2 nitrogen and oxygen atoms in total. The lowest BCUT2D eigenvalue weighted by Gasteiger charge is -2.23. The first kappa shape index (κ1) is 8.57. The Balaban J connectivity index is 2.39. The van der Waals surface area contributed by atoms with E-state index in [0.29, 0.717) is 11.8 Å². The summed E-state index contributed by atoms with van der Waals surface area (Å²) >= 11 is 0. The van der Waals surface area contributed by atoms with Crippen LogP contribution in [0.2, 0.25) is 0 Å². The maximum absolute atomic E-state index is 11.4. The summed E-state index contributed by atoms with van der Waals surface area (Å²) in [6.07, 6.45) is 6.01. The van der Waals surface area contributed by atoms with E-state index in [0.717, 1.165) is 12.8 Å². The lowest BCUT2D eigenvalue weighted by atomic mass is 9.71. The van der Waals surface area contributed by atoms with Gasteiger partial charge in [-0.2, -0.15) is 0 Å². The minimum absolute atomic E-state index is 0.324. The Morgan fingerprint density at radius 3 is 2.18 bits per heavy atom. The zero-order chi connectivity index (χ0) is 8.27. The lowest BCUT2D eigenvalue weighted by molar-refractivity contribution is -0.133. The van der Waals surface area contributed by atoms with Crippen LogP contribution in [0.1, 0.15) is 32.1 Å². The van der Waals surface area contributed by atoms with Gasteiger partial charge in [-0.3, -0.25) is 4.79 Å². The molecule has 0 aromatic carbocycles. The van der Waals surface area contributed by atoms with Crippen molar-refractivity contribution >= 4 is 5.91 Å². The summed E-state index contributed by atoms with van der Waals surface area (Å²) in [5, 5.41) is 0. The maximum Gasteiger partial charge on any atom is 0.225 e. The van der Waals surface area contributed by atoms with Gasteiger partial charge in [0.15, 0.2) is 0 Å². The molecule has 1 rings (SSSR count). The average Bonchev–Trinajstić information content (AvgIpc) is 2.05. The van der Waals surface area contributed by atoms with Gasteiger partial charge in [0.25, 0.3) is 0 Å². The fraction of sp³-hybridized carbons (Fsp3) is 0.889. The Labute approximate surface area is 68.6 Å². The number of hydrogen-bond acceptors (Lipinski definition) is 1. The lowest BCUT2D eigenvalue weighted by Crippen LogP contribution is -2.30. The smallest absolute Gasteiger partial charge is 0.225 e. The Bertz CT molecular complexity index is 136. The van der Waals surface area contributed by atoms with Crippen LogP contribution in [0.3, 0.4) is 0 Å². The highest BCUT2D eigenvalue weighted by atomic mass is 16.1. The molecule has 64 valence electrons. The summed E-state index contributed by atoms with van der Waals surface area (Å²) in [5.74, 6) is 0.656. The molecule has 2 heteroatoms. The summed E-state index contributed by atoms with van der Waals surface area (Å²) < 4.78 is 0. The monoisotopic (exact) mass is 154 g/mol. The largest absolute Gasteiger partial charge is 0.349 e. The fourth-order valence-electron chi connectivity index (χ4n) is 1.71. The topological polar surface area (TPSA) is 20.3 Å². The zero-order valence-electron chi connectivity index (χ0n) is 7.47. The molecule has 0 aliphatic heterocycles. The highest BCUT2D eigenvalue weighted by molar-refractivity contribution is 5.78. The van der Waals surface area contributed by atoms with Crippen molar-refractivity contribution in [3.05, 3.63) is 0 Å². The van der Waals surface area contributed by atoms with Crippen molar-refractivity contribution in [2.75, 3.05) is 14.1 Å². The van der Waals surface area contributed by atoms with Gasteiger partial charge in [0.05, 0.1) is 0 Å². The van der Waals surface area contributed by atoms with Crippen LogP contribution in [-0.2, 0) is 4.79 Å². The van der Waals surface area contributed by atoms with Crippen LogP contribution >= 0.6 is 0 Å². The van der Waals surface area contributed by atoms with E-state index in [9.17, 15) is 4.79 Å². The minimum atomic E-state index is 0.324. The first-order valence-corrected chi connectivity index (χ1v) is 4.43. The Hall–Kier alpha value is -0.530. The van der Waals surface area contributed by atoms with Gasteiger partial charge in [-0.05, 0) is 12.8 Å². The third kappa shape index (κ3) is 2.21. The summed E-state index contributed by atoms with van der Waals surface area (Å²) in [4.78, 5) is 13.1. The Morgan fingerprint density at radius 2 is 1.73 bits per heavy atom. The number of carbonyl (C=O) groups excluding carboxylic acids is 1. The van der Waals surface area contributed by atoms with Gasteiger partial charge in [0.2, 0.25) is 5.91 Å². The van der Waals surface area contributed by atoms with Crippen molar-refractivity contribution in [1.29, 1.82) is 0 Å². The first-order valence-electron chi connectivity index (χ1n) is 4.43. The van der Waals surface area contributed by atoms with Gasteiger partial charge < -0.3 is 4.90 Å². The van der Waals surface area contributed by atoms with Crippen molar-refractivity contribution in [2.45, 2.75) is 32.1 Å². The number of amides is 1. The van der Waals surface area contributed by atoms with Crippen LogP contribution in [0.5, 0.6) is 0 Å². The standard InChI is InChI=1S/C9H17NO/c1-10(2)9(11)8-6-4-3-5-7-8/h8H,3-7H2,1-2H3/i9-1. The van der Waals surface area contributed by atoms with Crippen LogP contribution in [0, 0.1) is 5.92 Å². The molecule has 0 saturated heterocycles. The molecule has 1 aliphatic carbocycles. The fourth-order valence-corrected chi connectivity index (χ4v) is 1.71. The normalized spacial score (nSPS) is 19.8. The molecular weight excluding hydrogens is 137 g/mol. The summed E-state index contributed by atoms with van der Waals surface area (Å²) in [6, 6.07) is 0. The SMILES string of the molecule is CN(C)[11C](=O)C1CCCCC1. The molecule has 0 bridgehead atoms. The highest BCUT2D eigenvalue weighted by Crippen LogP contribution is 2.24. The summed E-state index contributed by atoms with van der Waals surface area (Å²) in [6.45, 7) is 0. The number of hydrogen-bond donors (Lipinski definition) is 0. The first-order chi connectivity index (χ1) is 5.22. The molecule has 0 N–H and O–H groups in total. The molecule has 1 saturated carbocycles. The number of rotatable bonds is 1. The van der Waals surface area contributed by atoms with Crippen molar-refractivity contribution < 1.29 is 4.79 Å². The van der Waals surface area contributed by atoms with Crippen LogP contribution in [0.15, 0.2) is 0 Å². The molecule has 0 radical (unpaired) electrons. The van der Waals surface area contributed by atoms with Gasteiger partial charge in [-0.25, -0.2) is 0 Å². The maximum atomic E-state index is 11.4. The van der Waals surface area contributed by atoms with E-state index in [1.165, 1.54) is 19.3 Å². The van der Waals surface area contributed by atoms with Crippen molar-refractivity contribution in [3.8, 4) is 0 Å². The van der Waals surface area contributed by atoms with Crippen molar-refractivity contribution in [1.82, 2.24) is 4.90 Å². The summed E-state index contributed by atoms with van der Waals surface area (Å²) in [7, 11) is 3.69. The van der Waals surface area contributed by atoms with Gasteiger partial charge in [-0.15, -0.1) is 0 Å². The van der Waals surface area contributed by atoms with Gasteiger partial charge >= 0.3 is 0 Å². The minimum Gasteiger partial charge on any atom is -0.349 e. The van der Waals surface area contributed by atoms with Crippen molar-refractivity contribution in [2.24, 2.45) is 5.92 Å². The van der Waals surface area contributed by atoms with Crippen LogP contribution in [0.4, 0.5) is 0 Å². The van der Waals surface area contributed by atoms with E-state index >= 15 is 0 Å². The van der Waals surface area contributed by atoms with E-state index < -0.39 is 0 Å². The summed E-state index contributed by atoms with van der Waals surface area (Å²) in [5.41, 5.74) is 0. The third-order valence-corrected chi connectivity index (χ3v) is 2.40. The van der Waals surface area contributed by atoms with E-state index in [1.54, 1.807) is 4.90 Å². The van der Waals surface area contributed by atoms with Crippen LogP contribution in [-0.4, -0.2) is 24.9 Å². The zero-order valence-corrected chi connectivity index (χ0v) is 7.47. The predicted molar refractivity (Wildman–Crippen MR) is 45.3 cm³/mol.